The Balaban J connectivity index is 2.20. The molecule has 0 heterocycles. The predicted molar refractivity (Wildman–Crippen MR) is 78.1 cm³/mol. The molecule has 1 aromatic carbocycles. The maximum Gasteiger partial charge on any atom is 0.229 e. The largest absolute Gasteiger partial charge is 0.327 e. The summed E-state index contributed by atoms with van der Waals surface area (Å²) < 4.78 is 23.4. The molecule has 20 heavy (non-hydrogen) atoms. The van der Waals surface area contributed by atoms with Crippen molar-refractivity contribution in [3.05, 3.63) is 24.3 Å². The lowest BCUT2D eigenvalue weighted by molar-refractivity contribution is -0.121. The second kappa shape index (κ2) is 5.93. The molecule has 0 bridgehead atoms. The van der Waals surface area contributed by atoms with Crippen LogP contribution in [0.1, 0.15) is 25.7 Å². The first-order valence-corrected chi connectivity index (χ1v) is 8.64. The third-order valence-corrected chi connectivity index (χ3v) is 4.86. The minimum atomic E-state index is -3.37. The van der Waals surface area contributed by atoms with E-state index in [2.05, 4.69) is 5.32 Å². The number of carbonyl (C=O) groups excluding carboxylic acids is 1. The number of amides is 1. The summed E-state index contributed by atoms with van der Waals surface area (Å²) in [6.45, 7) is 0. The van der Waals surface area contributed by atoms with Gasteiger partial charge in [0.25, 0.3) is 0 Å². The van der Waals surface area contributed by atoms with Crippen LogP contribution in [0.5, 0.6) is 0 Å². The molecule has 1 amide bonds. The lowest BCUT2D eigenvalue weighted by Crippen LogP contribution is -2.40. The minimum absolute atomic E-state index is 0.137. The van der Waals surface area contributed by atoms with E-state index in [1.165, 1.54) is 6.07 Å². The number of anilines is 1. The van der Waals surface area contributed by atoms with E-state index < -0.39 is 9.84 Å². The number of rotatable bonds is 3. The maximum absolute atomic E-state index is 12.3. The number of carbonyl (C=O) groups is 1. The van der Waals surface area contributed by atoms with Crippen LogP contribution in [0.25, 0.3) is 0 Å². The number of hydrogen-bond acceptors (Lipinski definition) is 4. The van der Waals surface area contributed by atoms with Crippen LogP contribution in [-0.4, -0.2) is 26.6 Å². The monoisotopic (exact) mass is 296 g/mol. The molecule has 0 saturated heterocycles. The van der Waals surface area contributed by atoms with Gasteiger partial charge in [-0.25, -0.2) is 8.42 Å². The molecule has 6 heteroatoms. The second-order valence-corrected chi connectivity index (χ2v) is 7.30. The number of sulfone groups is 1. The van der Waals surface area contributed by atoms with Gasteiger partial charge in [-0.2, -0.15) is 0 Å². The summed E-state index contributed by atoms with van der Waals surface area (Å²) in [6.07, 6.45) is 4.76. The topological polar surface area (TPSA) is 89.3 Å². The van der Waals surface area contributed by atoms with Gasteiger partial charge in [0.05, 0.1) is 16.5 Å². The molecular weight excluding hydrogens is 276 g/mol. The number of hydrogen-bond donors (Lipinski definition) is 2. The normalized spacial score (nSPS) is 23.3. The SMILES string of the molecule is CS(=O)(=O)c1ccccc1NC(=O)C1CCCCC1N. The summed E-state index contributed by atoms with van der Waals surface area (Å²) in [5, 5.41) is 2.72. The van der Waals surface area contributed by atoms with Crippen molar-refractivity contribution in [2.24, 2.45) is 11.7 Å². The number of nitrogens with one attached hydrogen (secondary N) is 1. The predicted octanol–water partition coefficient (Wildman–Crippen LogP) is 1.55. The van der Waals surface area contributed by atoms with E-state index >= 15 is 0 Å². The van der Waals surface area contributed by atoms with Crippen LogP contribution in [-0.2, 0) is 14.6 Å². The Labute approximate surface area is 119 Å². The summed E-state index contributed by atoms with van der Waals surface area (Å²) in [5.41, 5.74) is 6.31. The fourth-order valence-electron chi connectivity index (χ4n) is 2.60. The smallest absolute Gasteiger partial charge is 0.229 e. The molecule has 1 aliphatic rings. The number of benzene rings is 1. The molecule has 3 N–H and O–H groups in total. The van der Waals surface area contributed by atoms with Gasteiger partial charge < -0.3 is 11.1 Å². The molecule has 0 aromatic heterocycles. The van der Waals surface area contributed by atoms with E-state index in [0.29, 0.717) is 5.69 Å². The quantitative estimate of drug-likeness (QED) is 0.885. The van der Waals surface area contributed by atoms with Crippen LogP contribution in [0.15, 0.2) is 29.2 Å². The van der Waals surface area contributed by atoms with Crippen LogP contribution in [0.2, 0.25) is 0 Å². The third kappa shape index (κ3) is 3.37. The van der Waals surface area contributed by atoms with Gasteiger partial charge >= 0.3 is 0 Å². The third-order valence-electron chi connectivity index (χ3n) is 3.70. The molecule has 1 fully saturated rings. The first-order valence-electron chi connectivity index (χ1n) is 6.75. The van der Waals surface area contributed by atoms with Crippen LogP contribution in [0.4, 0.5) is 5.69 Å². The molecule has 0 radical (unpaired) electrons. The van der Waals surface area contributed by atoms with E-state index in [0.717, 1.165) is 31.9 Å². The molecule has 1 aromatic rings. The zero-order valence-electron chi connectivity index (χ0n) is 11.5. The number of nitrogens with two attached hydrogens (primary N) is 1. The molecule has 0 aliphatic heterocycles. The zero-order chi connectivity index (χ0) is 14.8. The molecule has 110 valence electrons. The van der Waals surface area contributed by atoms with E-state index in [9.17, 15) is 13.2 Å². The molecule has 1 saturated carbocycles. The Morgan fingerprint density at radius 2 is 1.90 bits per heavy atom. The van der Waals surface area contributed by atoms with Crippen molar-refractivity contribution in [1.29, 1.82) is 0 Å². The first-order chi connectivity index (χ1) is 9.39. The van der Waals surface area contributed by atoms with Gasteiger partial charge in [-0.3, -0.25) is 4.79 Å². The van der Waals surface area contributed by atoms with Crippen LogP contribution >= 0.6 is 0 Å². The molecule has 5 nitrogen and oxygen atoms in total. The van der Waals surface area contributed by atoms with Crippen LogP contribution in [0, 0.1) is 5.92 Å². The van der Waals surface area contributed by atoms with Crippen molar-refractivity contribution in [3.8, 4) is 0 Å². The van der Waals surface area contributed by atoms with Crippen molar-refractivity contribution < 1.29 is 13.2 Å². The highest BCUT2D eigenvalue weighted by Crippen LogP contribution is 2.26. The average Bonchev–Trinajstić information content (AvgIpc) is 2.38. The second-order valence-electron chi connectivity index (χ2n) is 5.31. The van der Waals surface area contributed by atoms with E-state index in [1.54, 1.807) is 18.2 Å². The molecule has 2 unspecified atom stereocenters. The molecule has 1 aliphatic carbocycles. The van der Waals surface area contributed by atoms with Gasteiger partial charge in [0.2, 0.25) is 5.91 Å². The number of para-hydroxylation sites is 1. The highest BCUT2D eigenvalue weighted by Gasteiger charge is 2.29. The Kier molecular flexibility index (Phi) is 4.45. The lowest BCUT2D eigenvalue weighted by atomic mass is 9.84. The summed E-state index contributed by atoms with van der Waals surface area (Å²) in [7, 11) is -3.37. The van der Waals surface area contributed by atoms with Gasteiger partial charge in [-0.1, -0.05) is 25.0 Å². The zero-order valence-corrected chi connectivity index (χ0v) is 12.3. The van der Waals surface area contributed by atoms with Crippen LogP contribution in [0.3, 0.4) is 0 Å². The fourth-order valence-corrected chi connectivity index (χ4v) is 3.45. The Morgan fingerprint density at radius 1 is 1.25 bits per heavy atom. The van der Waals surface area contributed by atoms with Crippen molar-refractivity contribution in [1.82, 2.24) is 0 Å². The fraction of sp³-hybridized carbons (Fsp3) is 0.500. The van der Waals surface area contributed by atoms with Crippen molar-refractivity contribution in [2.45, 2.75) is 36.6 Å². The standard InChI is InChI=1S/C14H20N2O3S/c1-20(18,19)13-9-5-4-8-12(13)16-14(17)10-6-2-3-7-11(10)15/h4-5,8-11H,2-3,6-7,15H2,1H3,(H,16,17). The molecule has 0 spiro atoms. The van der Waals surface area contributed by atoms with Crippen molar-refractivity contribution in [2.75, 3.05) is 11.6 Å². The highest BCUT2D eigenvalue weighted by molar-refractivity contribution is 7.90. The van der Waals surface area contributed by atoms with Gasteiger partial charge in [0.1, 0.15) is 0 Å². The molecular formula is C14H20N2O3S. The Morgan fingerprint density at radius 3 is 2.55 bits per heavy atom. The van der Waals surface area contributed by atoms with E-state index in [4.69, 9.17) is 5.73 Å². The van der Waals surface area contributed by atoms with E-state index in [1.807, 2.05) is 0 Å². The summed E-state index contributed by atoms with van der Waals surface area (Å²) in [4.78, 5) is 12.4. The minimum Gasteiger partial charge on any atom is -0.327 e. The van der Waals surface area contributed by atoms with Crippen molar-refractivity contribution >= 4 is 21.4 Å². The van der Waals surface area contributed by atoms with Gasteiger partial charge in [0.15, 0.2) is 9.84 Å². The summed E-state index contributed by atoms with van der Waals surface area (Å²) in [6, 6.07) is 6.28. The molecule has 2 rings (SSSR count). The maximum atomic E-state index is 12.3. The average molecular weight is 296 g/mol. The van der Waals surface area contributed by atoms with Crippen molar-refractivity contribution in [3.63, 3.8) is 0 Å². The van der Waals surface area contributed by atoms with Gasteiger partial charge in [-0.05, 0) is 25.0 Å². The Hall–Kier alpha value is -1.40. The highest BCUT2D eigenvalue weighted by atomic mass is 32.2. The first kappa shape index (κ1) is 15.0. The summed E-state index contributed by atoms with van der Waals surface area (Å²) in [5.74, 6) is -0.426. The van der Waals surface area contributed by atoms with Gasteiger partial charge in [-0.15, -0.1) is 0 Å². The van der Waals surface area contributed by atoms with Crippen LogP contribution < -0.4 is 11.1 Å². The lowest BCUT2D eigenvalue weighted by Gasteiger charge is -2.27. The Bertz CT molecular complexity index is 598. The van der Waals surface area contributed by atoms with Gasteiger partial charge in [0, 0.05) is 12.3 Å². The summed E-state index contributed by atoms with van der Waals surface area (Å²) >= 11 is 0. The molecule has 2 atom stereocenters. The van der Waals surface area contributed by atoms with E-state index in [-0.39, 0.29) is 22.8 Å².